The van der Waals surface area contributed by atoms with E-state index in [-0.39, 0.29) is 17.8 Å². The smallest absolute Gasteiger partial charge is 0.341 e. The first-order valence-corrected chi connectivity index (χ1v) is 10.3. The summed E-state index contributed by atoms with van der Waals surface area (Å²) < 4.78 is 62.5. The maximum Gasteiger partial charge on any atom is 0.341 e. The first-order chi connectivity index (χ1) is 14.3. The van der Waals surface area contributed by atoms with Crippen molar-refractivity contribution in [2.24, 2.45) is 0 Å². The summed E-state index contributed by atoms with van der Waals surface area (Å²) in [6.45, 7) is 0.135. The van der Waals surface area contributed by atoms with Gasteiger partial charge >= 0.3 is 5.76 Å². The van der Waals surface area contributed by atoms with Gasteiger partial charge in [-0.25, -0.2) is 12.8 Å². The Labute approximate surface area is 171 Å². The number of halogens is 3. The zero-order valence-corrected chi connectivity index (χ0v) is 16.3. The number of amides is 1. The van der Waals surface area contributed by atoms with E-state index in [1.165, 1.54) is 42.5 Å². The summed E-state index contributed by atoms with van der Waals surface area (Å²) in [6, 6.07) is 17.2. The average Bonchev–Trinajstić information content (AvgIpc) is 2.73. The normalized spacial score (nSPS) is 11.3. The fourth-order valence-electron chi connectivity index (χ4n) is 2.72. The highest BCUT2D eigenvalue weighted by Gasteiger charge is 2.28. The lowest BCUT2D eigenvalue weighted by Gasteiger charge is -2.13. The lowest BCUT2D eigenvalue weighted by Crippen LogP contribution is -2.14. The summed E-state index contributed by atoms with van der Waals surface area (Å²) in [5, 5.41) is 5.52. The van der Waals surface area contributed by atoms with Gasteiger partial charge in [0.15, 0.2) is 0 Å². The summed E-state index contributed by atoms with van der Waals surface area (Å²) in [5.41, 5.74) is 1.48. The first kappa shape index (κ1) is 21.4. The average molecular weight is 434 g/mol. The predicted molar refractivity (Wildman–Crippen MR) is 108 cm³/mol. The van der Waals surface area contributed by atoms with Crippen LogP contribution in [0, 0.1) is 5.82 Å². The highest BCUT2D eigenvalue weighted by atomic mass is 32.2. The van der Waals surface area contributed by atoms with Gasteiger partial charge in [0.1, 0.15) is 5.82 Å². The lowest BCUT2D eigenvalue weighted by atomic mass is 10.1. The van der Waals surface area contributed by atoms with Crippen molar-refractivity contribution in [1.29, 1.82) is 0 Å². The fourth-order valence-corrected chi connectivity index (χ4v) is 3.62. The van der Waals surface area contributed by atoms with Crippen molar-refractivity contribution in [3.8, 4) is 0 Å². The molecule has 0 aromatic heterocycles. The highest BCUT2D eigenvalue weighted by Crippen LogP contribution is 2.26. The summed E-state index contributed by atoms with van der Waals surface area (Å²) >= 11 is 0. The molecule has 0 radical (unpaired) electrons. The van der Waals surface area contributed by atoms with E-state index < -0.39 is 32.2 Å². The minimum Gasteiger partial charge on any atom is -0.380 e. The lowest BCUT2D eigenvalue weighted by molar-refractivity contribution is 0.102. The molecule has 0 unspecified atom stereocenters. The number of anilines is 2. The number of rotatable bonds is 7. The number of para-hydroxylation sites is 1. The van der Waals surface area contributed by atoms with E-state index in [2.05, 4.69) is 10.6 Å². The SMILES string of the molecule is O=C(Nc1cccc(CNc2ccccc2S(=O)(=O)C(F)F)c1)c1ccc(F)cc1. The molecule has 2 N–H and O–H groups in total. The number of benzene rings is 3. The predicted octanol–water partition coefficient (Wildman–Crippen LogP) is 4.69. The highest BCUT2D eigenvalue weighted by molar-refractivity contribution is 7.91. The van der Waals surface area contributed by atoms with Crippen molar-refractivity contribution in [2.45, 2.75) is 17.2 Å². The molecule has 9 heteroatoms. The molecule has 0 aliphatic rings. The standard InChI is InChI=1S/C21H17F3N2O3S/c22-16-10-8-15(9-11-16)20(27)26-17-5-3-4-14(12-17)13-25-18-6-1-2-7-19(18)30(28,29)21(23)24/h1-12,21,25H,13H2,(H,26,27). The molecule has 0 spiro atoms. The molecule has 0 heterocycles. The van der Waals surface area contributed by atoms with Gasteiger partial charge in [-0.05, 0) is 54.1 Å². The molecule has 3 rings (SSSR count). The van der Waals surface area contributed by atoms with Gasteiger partial charge in [-0.3, -0.25) is 4.79 Å². The van der Waals surface area contributed by atoms with Crippen LogP contribution in [0.5, 0.6) is 0 Å². The molecular weight excluding hydrogens is 417 g/mol. The van der Waals surface area contributed by atoms with E-state index in [1.807, 2.05) is 0 Å². The number of carbonyl (C=O) groups is 1. The van der Waals surface area contributed by atoms with Gasteiger partial charge in [-0.2, -0.15) is 8.78 Å². The van der Waals surface area contributed by atoms with E-state index >= 15 is 0 Å². The molecule has 156 valence electrons. The second-order valence-electron chi connectivity index (χ2n) is 6.32. The molecular formula is C21H17F3N2O3S. The number of nitrogens with one attached hydrogen (secondary N) is 2. The Morgan fingerprint density at radius 3 is 2.33 bits per heavy atom. The minimum absolute atomic E-state index is 0.0542. The van der Waals surface area contributed by atoms with E-state index in [4.69, 9.17) is 0 Å². The van der Waals surface area contributed by atoms with Crippen molar-refractivity contribution in [2.75, 3.05) is 10.6 Å². The molecule has 5 nitrogen and oxygen atoms in total. The van der Waals surface area contributed by atoms with Crippen molar-refractivity contribution in [3.05, 3.63) is 89.7 Å². The monoisotopic (exact) mass is 434 g/mol. The van der Waals surface area contributed by atoms with Gasteiger partial charge in [0.2, 0.25) is 9.84 Å². The zero-order chi connectivity index (χ0) is 21.7. The molecule has 30 heavy (non-hydrogen) atoms. The van der Waals surface area contributed by atoms with Gasteiger partial charge in [-0.1, -0.05) is 24.3 Å². The van der Waals surface area contributed by atoms with Crippen LogP contribution in [0.1, 0.15) is 15.9 Å². The number of hydrogen-bond acceptors (Lipinski definition) is 4. The summed E-state index contributed by atoms with van der Waals surface area (Å²) in [5.74, 6) is -4.40. The summed E-state index contributed by atoms with van der Waals surface area (Å²) in [4.78, 5) is 11.8. The maximum atomic E-state index is 13.0. The van der Waals surface area contributed by atoms with Gasteiger partial charge < -0.3 is 10.6 Å². The van der Waals surface area contributed by atoms with Crippen LogP contribution in [-0.4, -0.2) is 20.1 Å². The second kappa shape index (κ2) is 9.00. The van der Waals surface area contributed by atoms with Gasteiger partial charge in [0.05, 0.1) is 10.6 Å². The quantitative estimate of drug-likeness (QED) is 0.566. The van der Waals surface area contributed by atoms with Gasteiger partial charge in [0.25, 0.3) is 5.91 Å². The Balaban J connectivity index is 1.73. The van der Waals surface area contributed by atoms with Crippen molar-refractivity contribution in [3.63, 3.8) is 0 Å². The van der Waals surface area contributed by atoms with Gasteiger partial charge in [0, 0.05) is 17.8 Å². The largest absolute Gasteiger partial charge is 0.380 e. The Bertz CT molecular complexity index is 1150. The van der Waals surface area contributed by atoms with E-state index in [9.17, 15) is 26.4 Å². The minimum atomic E-state index is -4.75. The van der Waals surface area contributed by atoms with E-state index in [0.29, 0.717) is 11.3 Å². The van der Waals surface area contributed by atoms with Crippen molar-refractivity contribution in [1.82, 2.24) is 0 Å². The topological polar surface area (TPSA) is 75.3 Å². The van der Waals surface area contributed by atoms with E-state index in [1.54, 1.807) is 24.3 Å². The summed E-state index contributed by atoms with van der Waals surface area (Å²) in [6.07, 6.45) is 0. The first-order valence-electron chi connectivity index (χ1n) is 8.78. The molecule has 0 fully saturated rings. The third-order valence-electron chi connectivity index (χ3n) is 4.20. The van der Waals surface area contributed by atoms with Crippen LogP contribution in [0.25, 0.3) is 0 Å². The van der Waals surface area contributed by atoms with Crippen molar-refractivity contribution < 1.29 is 26.4 Å². The zero-order valence-electron chi connectivity index (χ0n) is 15.5. The molecule has 0 bridgehead atoms. The molecule has 0 atom stereocenters. The molecule has 3 aromatic rings. The molecule has 0 saturated carbocycles. The van der Waals surface area contributed by atoms with Crippen LogP contribution in [0.3, 0.4) is 0 Å². The van der Waals surface area contributed by atoms with Crippen LogP contribution in [-0.2, 0) is 16.4 Å². The Kier molecular flexibility index (Phi) is 6.41. The number of carbonyl (C=O) groups excluding carboxylic acids is 1. The Morgan fingerprint density at radius 1 is 0.933 bits per heavy atom. The van der Waals surface area contributed by atoms with Crippen LogP contribution >= 0.6 is 0 Å². The number of alkyl halides is 2. The molecule has 0 saturated heterocycles. The molecule has 0 aliphatic carbocycles. The van der Waals surface area contributed by atoms with Gasteiger partial charge in [-0.15, -0.1) is 0 Å². The van der Waals surface area contributed by atoms with Crippen LogP contribution in [0.2, 0.25) is 0 Å². The molecule has 0 aliphatic heterocycles. The molecule has 3 aromatic carbocycles. The third-order valence-corrected chi connectivity index (χ3v) is 5.64. The van der Waals surface area contributed by atoms with Crippen LogP contribution in [0.15, 0.2) is 77.7 Å². The Hall–Kier alpha value is -3.33. The summed E-state index contributed by atoms with van der Waals surface area (Å²) in [7, 11) is -4.75. The number of hydrogen-bond donors (Lipinski definition) is 2. The third kappa shape index (κ3) is 4.98. The number of sulfone groups is 1. The van der Waals surface area contributed by atoms with Crippen LogP contribution in [0.4, 0.5) is 24.5 Å². The van der Waals surface area contributed by atoms with E-state index in [0.717, 1.165) is 6.07 Å². The molecule has 1 amide bonds. The van der Waals surface area contributed by atoms with Crippen LogP contribution < -0.4 is 10.6 Å². The van der Waals surface area contributed by atoms with Crippen molar-refractivity contribution >= 4 is 27.1 Å². The Morgan fingerprint density at radius 2 is 1.63 bits per heavy atom. The maximum absolute atomic E-state index is 13.0. The second-order valence-corrected chi connectivity index (χ2v) is 8.20. The fraction of sp³-hybridized carbons (Fsp3) is 0.0952.